The summed E-state index contributed by atoms with van der Waals surface area (Å²) in [5.74, 6) is -0.489. The number of carbonyl (C=O) groups is 3. The van der Waals surface area contributed by atoms with Gasteiger partial charge in [0.05, 0.1) is 0 Å². The molecule has 2 rings (SSSR count). The smallest absolute Gasteiger partial charge is 0.327 e. The Morgan fingerprint density at radius 3 is 2.55 bits per heavy atom. The predicted molar refractivity (Wildman–Crippen MR) is 73.9 cm³/mol. The second-order valence-electron chi connectivity index (χ2n) is 5.49. The first kappa shape index (κ1) is 14.6. The lowest BCUT2D eigenvalue weighted by molar-refractivity contribution is -0.136. The SMILES string of the molecule is C=C(C)CN(CC)C(=O)CN1C(=O)CN(C2CC2)C1=O. The summed E-state index contributed by atoms with van der Waals surface area (Å²) in [4.78, 5) is 40.4. The maximum atomic E-state index is 12.2. The van der Waals surface area contributed by atoms with Crippen LogP contribution in [0.3, 0.4) is 0 Å². The molecule has 110 valence electrons. The molecule has 1 aliphatic carbocycles. The molecule has 0 atom stereocenters. The van der Waals surface area contributed by atoms with E-state index in [1.807, 2.05) is 13.8 Å². The topological polar surface area (TPSA) is 60.9 Å². The van der Waals surface area contributed by atoms with Gasteiger partial charge in [-0.15, -0.1) is 0 Å². The van der Waals surface area contributed by atoms with Gasteiger partial charge in [-0.2, -0.15) is 0 Å². The molecule has 20 heavy (non-hydrogen) atoms. The Hall–Kier alpha value is -1.85. The number of amides is 4. The minimum absolute atomic E-state index is 0.114. The molecule has 1 heterocycles. The largest absolute Gasteiger partial charge is 0.337 e. The molecule has 0 radical (unpaired) electrons. The molecule has 1 aliphatic heterocycles. The van der Waals surface area contributed by atoms with Gasteiger partial charge in [-0.05, 0) is 26.7 Å². The number of likely N-dealkylation sites (N-methyl/N-ethyl adjacent to an activating group) is 1. The van der Waals surface area contributed by atoms with Crippen LogP contribution in [0.4, 0.5) is 4.79 Å². The Morgan fingerprint density at radius 1 is 1.40 bits per heavy atom. The van der Waals surface area contributed by atoms with Gasteiger partial charge in [0, 0.05) is 19.1 Å². The van der Waals surface area contributed by atoms with E-state index in [-0.39, 0.29) is 37.0 Å². The predicted octanol–water partition coefficient (Wildman–Crippen LogP) is 0.838. The van der Waals surface area contributed by atoms with Crippen molar-refractivity contribution in [3.63, 3.8) is 0 Å². The van der Waals surface area contributed by atoms with Crippen molar-refractivity contribution < 1.29 is 14.4 Å². The van der Waals surface area contributed by atoms with E-state index in [9.17, 15) is 14.4 Å². The molecule has 4 amide bonds. The Labute approximate surface area is 119 Å². The second kappa shape index (κ2) is 5.64. The highest BCUT2D eigenvalue weighted by Gasteiger charge is 2.44. The van der Waals surface area contributed by atoms with E-state index in [1.54, 1.807) is 9.80 Å². The third kappa shape index (κ3) is 3.00. The third-order valence-corrected chi connectivity index (χ3v) is 3.56. The number of carbonyl (C=O) groups excluding carboxylic acids is 3. The Balaban J connectivity index is 1.97. The molecule has 2 fully saturated rings. The van der Waals surface area contributed by atoms with Gasteiger partial charge in [0.25, 0.3) is 5.91 Å². The number of hydrogen-bond donors (Lipinski definition) is 0. The summed E-state index contributed by atoms with van der Waals surface area (Å²) in [6, 6.07) is -0.124. The van der Waals surface area contributed by atoms with Crippen molar-refractivity contribution in [1.82, 2.24) is 14.7 Å². The first-order valence-electron chi connectivity index (χ1n) is 6.97. The molecule has 2 aliphatic rings. The van der Waals surface area contributed by atoms with Gasteiger partial charge in [-0.1, -0.05) is 12.2 Å². The number of hydrogen-bond acceptors (Lipinski definition) is 3. The zero-order valence-electron chi connectivity index (χ0n) is 12.1. The van der Waals surface area contributed by atoms with Crippen LogP contribution in [0, 0.1) is 0 Å². The lowest BCUT2D eigenvalue weighted by atomic mass is 10.3. The average Bonchev–Trinajstić information content (AvgIpc) is 3.18. The normalized spacial score (nSPS) is 18.7. The standard InChI is InChI=1S/C14H21N3O3/c1-4-15(7-10(2)3)12(18)8-17-13(19)9-16(14(17)20)11-5-6-11/h11H,2,4-9H2,1,3H3. The van der Waals surface area contributed by atoms with Gasteiger partial charge >= 0.3 is 6.03 Å². The number of urea groups is 1. The van der Waals surface area contributed by atoms with Gasteiger partial charge < -0.3 is 9.80 Å². The van der Waals surface area contributed by atoms with Crippen LogP contribution in [0.2, 0.25) is 0 Å². The van der Waals surface area contributed by atoms with Crippen LogP contribution in [0.25, 0.3) is 0 Å². The van der Waals surface area contributed by atoms with Crippen LogP contribution in [-0.2, 0) is 9.59 Å². The molecule has 0 bridgehead atoms. The van der Waals surface area contributed by atoms with E-state index in [0.29, 0.717) is 13.1 Å². The maximum absolute atomic E-state index is 12.2. The van der Waals surface area contributed by atoms with E-state index in [0.717, 1.165) is 23.3 Å². The van der Waals surface area contributed by atoms with Crippen molar-refractivity contribution in [3.8, 4) is 0 Å². The highest BCUT2D eigenvalue weighted by molar-refractivity contribution is 6.04. The Bertz CT molecular complexity index is 457. The molecule has 6 nitrogen and oxygen atoms in total. The van der Waals surface area contributed by atoms with E-state index in [2.05, 4.69) is 6.58 Å². The van der Waals surface area contributed by atoms with Crippen LogP contribution in [0.1, 0.15) is 26.7 Å². The quantitative estimate of drug-likeness (QED) is 0.534. The molecule has 0 spiro atoms. The number of rotatable bonds is 6. The molecule has 0 aromatic rings. The summed E-state index contributed by atoms with van der Waals surface area (Å²) in [6.07, 6.45) is 1.91. The molecular formula is C14H21N3O3. The van der Waals surface area contributed by atoms with Crippen LogP contribution < -0.4 is 0 Å². The lowest BCUT2D eigenvalue weighted by Crippen LogP contribution is -2.44. The highest BCUT2D eigenvalue weighted by atomic mass is 16.2. The van der Waals surface area contributed by atoms with E-state index in [4.69, 9.17) is 0 Å². The van der Waals surface area contributed by atoms with Crippen molar-refractivity contribution in [1.29, 1.82) is 0 Å². The molecule has 6 heteroatoms. The highest BCUT2D eigenvalue weighted by Crippen LogP contribution is 2.30. The van der Waals surface area contributed by atoms with Crippen molar-refractivity contribution >= 4 is 17.8 Å². The summed E-state index contributed by atoms with van der Waals surface area (Å²) in [6.45, 7) is 8.43. The first-order valence-corrected chi connectivity index (χ1v) is 6.97. The zero-order valence-corrected chi connectivity index (χ0v) is 12.1. The molecule has 1 saturated carbocycles. The Kier molecular flexibility index (Phi) is 4.11. The van der Waals surface area contributed by atoms with Gasteiger partial charge in [0.2, 0.25) is 5.91 Å². The van der Waals surface area contributed by atoms with Crippen LogP contribution >= 0.6 is 0 Å². The number of imide groups is 1. The monoisotopic (exact) mass is 279 g/mol. The van der Waals surface area contributed by atoms with Crippen molar-refractivity contribution in [2.75, 3.05) is 26.2 Å². The zero-order chi connectivity index (χ0) is 14.9. The minimum atomic E-state index is -0.322. The third-order valence-electron chi connectivity index (χ3n) is 3.56. The van der Waals surface area contributed by atoms with Gasteiger partial charge in [0.15, 0.2) is 0 Å². The van der Waals surface area contributed by atoms with Crippen molar-refractivity contribution in [2.24, 2.45) is 0 Å². The van der Waals surface area contributed by atoms with Gasteiger partial charge in [-0.3, -0.25) is 14.5 Å². The van der Waals surface area contributed by atoms with Crippen molar-refractivity contribution in [3.05, 3.63) is 12.2 Å². The summed E-state index contributed by atoms with van der Waals surface area (Å²) in [5.41, 5.74) is 0.874. The fourth-order valence-electron chi connectivity index (χ4n) is 2.33. The molecule has 0 N–H and O–H groups in total. The number of nitrogens with zero attached hydrogens (tertiary/aromatic N) is 3. The van der Waals surface area contributed by atoms with E-state index < -0.39 is 0 Å². The van der Waals surface area contributed by atoms with Crippen LogP contribution in [-0.4, -0.2) is 64.8 Å². The Morgan fingerprint density at radius 2 is 2.05 bits per heavy atom. The molecular weight excluding hydrogens is 258 g/mol. The summed E-state index contributed by atoms with van der Waals surface area (Å²) in [7, 11) is 0. The fraction of sp³-hybridized carbons (Fsp3) is 0.643. The van der Waals surface area contributed by atoms with Gasteiger partial charge in [0.1, 0.15) is 13.1 Å². The van der Waals surface area contributed by atoms with Crippen LogP contribution in [0.5, 0.6) is 0 Å². The van der Waals surface area contributed by atoms with E-state index in [1.165, 1.54) is 0 Å². The first-order chi connectivity index (χ1) is 9.43. The molecule has 0 unspecified atom stereocenters. The average molecular weight is 279 g/mol. The maximum Gasteiger partial charge on any atom is 0.327 e. The molecule has 1 saturated heterocycles. The summed E-state index contributed by atoms with van der Waals surface area (Å²) in [5, 5.41) is 0. The lowest BCUT2D eigenvalue weighted by Gasteiger charge is -2.23. The summed E-state index contributed by atoms with van der Waals surface area (Å²) < 4.78 is 0. The minimum Gasteiger partial charge on any atom is -0.337 e. The van der Waals surface area contributed by atoms with E-state index >= 15 is 0 Å². The van der Waals surface area contributed by atoms with Crippen LogP contribution in [0.15, 0.2) is 12.2 Å². The molecule has 0 aromatic heterocycles. The molecule has 0 aromatic carbocycles. The van der Waals surface area contributed by atoms with Crippen molar-refractivity contribution in [2.45, 2.75) is 32.7 Å². The second-order valence-corrected chi connectivity index (χ2v) is 5.49. The fourth-order valence-corrected chi connectivity index (χ4v) is 2.33. The van der Waals surface area contributed by atoms with Gasteiger partial charge in [-0.25, -0.2) is 4.79 Å². The summed E-state index contributed by atoms with van der Waals surface area (Å²) >= 11 is 0.